The molecule has 0 spiro atoms. The van der Waals surface area contributed by atoms with Crippen molar-refractivity contribution in [2.24, 2.45) is 35.5 Å². The number of hydrogen-bond donors (Lipinski definition) is 4. The molecule has 4 N–H and O–H groups in total. The number of rotatable bonds is 14. The Morgan fingerprint density at radius 2 is 0.514 bits per heavy atom. The molecule has 7 heteroatoms. The molecule has 4 nitrogen and oxygen atoms in total. The Morgan fingerprint density at radius 1 is 0.405 bits per heavy atom. The SMILES string of the molecule is CC(C)C[Si](O)(CC(C)C)CC(C)C.CC(C)C[Si](O)(CC(C)C)CC(C)C.CCCO.CCCO.[Ti]. The summed E-state index contributed by atoms with van der Waals surface area (Å²) in [5.74, 6) is 3.86. The topological polar surface area (TPSA) is 80.9 Å². The van der Waals surface area contributed by atoms with E-state index in [2.05, 4.69) is 83.1 Å². The monoisotopic (exact) mass is 600 g/mol. The van der Waals surface area contributed by atoms with Gasteiger partial charge in [-0.3, -0.25) is 0 Å². The van der Waals surface area contributed by atoms with Crippen molar-refractivity contribution >= 4 is 16.6 Å². The van der Waals surface area contributed by atoms with Crippen LogP contribution in [0, 0.1) is 35.5 Å². The molecule has 37 heavy (non-hydrogen) atoms. The molecule has 0 aliphatic rings. The van der Waals surface area contributed by atoms with Crippen molar-refractivity contribution in [2.45, 2.75) is 146 Å². The third-order valence-corrected chi connectivity index (χ3v) is 14.6. The first kappa shape index (κ1) is 47.8. The quantitative estimate of drug-likeness (QED) is 0.151. The van der Waals surface area contributed by atoms with Crippen molar-refractivity contribution in [2.75, 3.05) is 13.2 Å². The largest absolute Gasteiger partial charge is 0.432 e. The van der Waals surface area contributed by atoms with E-state index >= 15 is 0 Å². The summed E-state index contributed by atoms with van der Waals surface area (Å²) >= 11 is 0. The zero-order valence-corrected chi connectivity index (χ0v) is 31.4. The van der Waals surface area contributed by atoms with Gasteiger partial charge < -0.3 is 19.8 Å². The summed E-state index contributed by atoms with van der Waals surface area (Å²) in [5.41, 5.74) is 0. The Balaban J connectivity index is -0.000000140. The fraction of sp³-hybridized carbons (Fsp3) is 1.00. The third kappa shape index (κ3) is 41.6. The molecular weight excluding hydrogens is 528 g/mol. The molecule has 0 fully saturated rings. The van der Waals surface area contributed by atoms with Crippen molar-refractivity contribution in [1.29, 1.82) is 0 Å². The maximum absolute atomic E-state index is 10.7. The van der Waals surface area contributed by atoms with Crippen molar-refractivity contribution in [1.82, 2.24) is 0 Å². The van der Waals surface area contributed by atoms with Crippen molar-refractivity contribution in [3.8, 4) is 0 Å². The minimum atomic E-state index is -1.94. The van der Waals surface area contributed by atoms with Crippen LogP contribution in [0.3, 0.4) is 0 Å². The molecule has 0 aliphatic carbocycles. The molecule has 0 amide bonds. The summed E-state index contributed by atoms with van der Waals surface area (Å²) in [6.07, 6.45) is 1.75. The maximum Gasteiger partial charge on any atom is 0.189 e. The standard InChI is InChI=1S/2C12H28OSi.2C3H8O.Ti/c2*1-10(2)7-14(13,8-11(3)4)9-12(5)6;2*1-2-3-4;/h2*10-13H,7-9H2,1-6H3;2*4H,2-3H2,1H3;. The smallest absolute Gasteiger partial charge is 0.189 e. The van der Waals surface area contributed by atoms with Crippen LogP contribution in [0.15, 0.2) is 0 Å². The molecule has 0 saturated carbocycles. The molecule has 0 aromatic heterocycles. The Labute approximate surface area is 252 Å². The predicted molar refractivity (Wildman–Crippen MR) is 169 cm³/mol. The normalized spacial score (nSPS) is 11.7. The first-order valence-electron chi connectivity index (χ1n) is 15.0. The average Bonchev–Trinajstić information content (AvgIpc) is 2.64. The number of aliphatic hydroxyl groups is 2. The number of aliphatic hydroxyl groups excluding tert-OH is 2. The van der Waals surface area contributed by atoms with Gasteiger partial charge in [-0.15, -0.1) is 0 Å². The van der Waals surface area contributed by atoms with Gasteiger partial charge in [0.1, 0.15) is 0 Å². The summed E-state index contributed by atoms with van der Waals surface area (Å²) in [6.45, 7) is 31.2. The minimum absolute atomic E-state index is 0. The Hall–Kier alpha value is 0.988. The molecule has 0 aromatic rings. The van der Waals surface area contributed by atoms with Gasteiger partial charge in [-0.25, -0.2) is 0 Å². The summed E-state index contributed by atoms with van der Waals surface area (Å²) in [7, 11) is -3.88. The second-order valence-electron chi connectivity index (χ2n) is 13.5. The van der Waals surface area contributed by atoms with Crippen LogP contribution >= 0.6 is 0 Å². The van der Waals surface area contributed by atoms with Gasteiger partial charge in [0, 0.05) is 34.9 Å². The van der Waals surface area contributed by atoms with Crippen molar-refractivity contribution < 1.29 is 41.5 Å². The van der Waals surface area contributed by atoms with Crippen LogP contribution in [0.1, 0.15) is 110 Å². The molecular formula is C30H72O4Si2Ti. The first-order valence-corrected chi connectivity index (χ1v) is 20.1. The van der Waals surface area contributed by atoms with E-state index < -0.39 is 16.6 Å². The Kier molecular flexibility index (Phi) is 36.8. The van der Waals surface area contributed by atoms with Gasteiger partial charge in [-0.05, 0) is 84.6 Å². The van der Waals surface area contributed by atoms with Gasteiger partial charge in [0.05, 0.1) is 0 Å². The van der Waals surface area contributed by atoms with Gasteiger partial charge in [-0.2, -0.15) is 0 Å². The second kappa shape index (κ2) is 28.5. The van der Waals surface area contributed by atoms with E-state index in [0.717, 1.165) is 49.1 Å². The van der Waals surface area contributed by atoms with Gasteiger partial charge in [0.15, 0.2) is 16.6 Å². The van der Waals surface area contributed by atoms with E-state index in [1.165, 1.54) is 0 Å². The predicted octanol–water partition coefficient (Wildman–Crippen LogP) is 8.56. The van der Waals surface area contributed by atoms with Crippen LogP contribution in [-0.4, -0.2) is 49.7 Å². The number of hydrogen-bond acceptors (Lipinski definition) is 4. The van der Waals surface area contributed by atoms with E-state index in [1.54, 1.807) is 0 Å². The van der Waals surface area contributed by atoms with Gasteiger partial charge >= 0.3 is 0 Å². The Bertz CT molecular complexity index is 348. The molecule has 0 aliphatic heterocycles. The van der Waals surface area contributed by atoms with E-state index in [9.17, 15) is 9.59 Å². The third-order valence-electron chi connectivity index (χ3n) is 5.18. The van der Waals surface area contributed by atoms with Crippen LogP contribution < -0.4 is 0 Å². The molecule has 0 bridgehead atoms. The molecule has 0 unspecified atom stereocenters. The van der Waals surface area contributed by atoms with E-state index in [4.69, 9.17) is 10.2 Å². The molecule has 0 saturated heterocycles. The second-order valence-corrected chi connectivity index (χ2v) is 20.8. The van der Waals surface area contributed by atoms with Crippen LogP contribution in [0.5, 0.6) is 0 Å². The van der Waals surface area contributed by atoms with E-state index in [1.807, 2.05) is 13.8 Å². The fourth-order valence-electron chi connectivity index (χ4n) is 5.06. The van der Waals surface area contributed by atoms with Crippen LogP contribution in [0.25, 0.3) is 0 Å². The molecule has 0 radical (unpaired) electrons. The zero-order valence-electron chi connectivity index (χ0n) is 27.8. The summed E-state index contributed by atoms with van der Waals surface area (Å²) in [4.78, 5) is 21.3. The van der Waals surface area contributed by atoms with Crippen LogP contribution in [0.2, 0.25) is 36.3 Å². The van der Waals surface area contributed by atoms with E-state index in [0.29, 0.717) is 48.7 Å². The Morgan fingerprint density at radius 3 is 0.568 bits per heavy atom. The zero-order chi connectivity index (χ0) is 29.5. The summed E-state index contributed by atoms with van der Waals surface area (Å²) in [6, 6.07) is 6.44. The van der Waals surface area contributed by atoms with E-state index in [-0.39, 0.29) is 21.7 Å². The first-order chi connectivity index (χ1) is 16.3. The summed E-state index contributed by atoms with van der Waals surface area (Å²) in [5, 5.41) is 15.8. The molecule has 0 atom stereocenters. The van der Waals surface area contributed by atoms with Gasteiger partial charge in [0.2, 0.25) is 0 Å². The van der Waals surface area contributed by atoms with Crippen LogP contribution in [0.4, 0.5) is 0 Å². The minimum Gasteiger partial charge on any atom is -0.432 e. The molecule has 228 valence electrons. The average molecular weight is 601 g/mol. The molecule has 0 heterocycles. The van der Waals surface area contributed by atoms with Gasteiger partial charge in [0.25, 0.3) is 0 Å². The van der Waals surface area contributed by atoms with Crippen LogP contribution in [-0.2, 0) is 21.7 Å². The maximum atomic E-state index is 10.7. The molecule has 0 rings (SSSR count). The molecule has 0 aromatic carbocycles. The fourth-order valence-corrected chi connectivity index (χ4v) is 15.2. The van der Waals surface area contributed by atoms with Gasteiger partial charge in [-0.1, -0.05) is 96.9 Å². The van der Waals surface area contributed by atoms with Crippen molar-refractivity contribution in [3.63, 3.8) is 0 Å². The summed E-state index contributed by atoms with van der Waals surface area (Å²) < 4.78 is 0. The van der Waals surface area contributed by atoms with Crippen molar-refractivity contribution in [3.05, 3.63) is 0 Å².